The van der Waals surface area contributed by atoms with E-state index >= 15 is 0 Å². The lowest BCUT2D eigenvalue weighted by Crippen LogP contribution is -2.27. The van der Waals surface area contributed by atoms with Gasteiger partial charge >= 0.3 is 5.97 Å². The molecule has 0 fully saturated rings. The standard InChI is InChI=1S/C28H30N4O2/c1-3-17-31(27-24(9-7-16-30-27)28(33)34-4-2)20-21-11-14-26-23(19-21)13-12-22-8-5-6-10-25(22)32(26)18-15-29/h5-11,14,16,19H,3-4,12-13,17-18,20H2,1-2H3. The number of aryl methyl sites for hydroxylation is 2. The van der Waals surface area contributed by atoms with Gasteiger partial charge < -0.3 is 14.5 Å². The van der Waals surface area contributed by atoms with Crippen molar-refractivity contribution in [2.45, 2.75) is 39.7 Å². The number of fused-ring (bicyclic) bond motifs is 2. The Bertz CT molecular complexity index is 1200. The van der Waals surface area contributed by atoms with Crippen LogP contribution in [-0.4, -0.2) is 30.6 Å². The SMILES string of the molecule is CCCN(Cc1ccc2c(c1)CCc1ccccc1N2CC#N)c1ncccc1C(=O)OCC. The van der Waals surface area contributed by atoms with E-state index < -0.39 is 0 Å². The molecule has 6 nitrogen and oxygen atoms in total. The van der Waals surface area contributed by atoms with Crippen LogP contribution in [0.4, 0.5) is 17.2 Å². The number of esters is 1. The second kappa shape index (κ2) is 10.8. The summed E-state index contributed by atoms with van der Waals surface area (Å²) in [4.78, 5) is 21.3. The molecular formula is C28H30N4O2. The van der Waals surface area contributed by atoms with Crippen LogP contribution >= 0.6 is 0 Å². The Kier molecular flexibility index (Phi) is 7.44. The molecule has 0 spiro atoms. The molecule has 4 rings (SSSR count). The third-order valence-electron chi connectivity index (χ3n) is 6.06. The Labute approximate surface area is 201 Å². The molecule has 2 heterocycles. The number of para-hydroxylation sites is 1. The van der Waals surface area contributed by atoms with Crippen molar-refractivity contribution in [2.75, 3.05) is 29.5 Å². The zero-order chi connectivity index (χ0) is 23.9. The molecule has 34 heavy (non-hydrogen) atoms. The monoisotopic (exact) mass is 454 g/mol. The van der Waals surface area contributed by atoms with E-state index in [1.54, 1.807) is 25.3 Å². The van der Waals surface area contributed by atoms with Crippen molar-refractivity contribution in [1.29, 1.82) is 5.26 Å². The molecule has 1 aromatic heterocycles. The van der Waals surface area contributed by atoms with Gasteiger partial charge in [0.2, 0.25) is 0 Å². The Balaban J connectivity index is 1.66. The van der Waals surface area contributed by atoms with Crippen molar-refractivity contribution in [3.05, 3.63) is 83.0 Å². The maximum Gasteiger partial charge on any atom is 0.341 e. The van der Waals surface area contributed by atoms with Crippen LogP contribution in [0.3, 0.4) is 0 Å². The zero-order valence-corrected chi connectivity index (χ0v) is 19.8. The van der Waals surface area contributed by atoms with E-state index in [4.69, 9.17) is 4.74 Å². The average Bonchev–Trinajstić information content (AvgIpc) is 3.01. The molecule has 174 valence electrons. The fourth-order valence-corrected chi connectivity index (χ4v) is 4.59. The summed E-state index contributed by atoms with van der Waals surface area (Å²) in [6, 6.07) is 20.7. The smallest absolute Gasteiger partial charge is 0.341 e. The zero-order valence-electron chi connectivity index (χ0n) is 19.8. The fourth-order valence-electron chi connectivity index (χ4n) is 4.59. The summed E-state index contributed by atoms with van der Waals surface area (Å²) in [5.74, 6) is 0.301. The normalized spacial score (nSPS) is 12.2. The molecular weight excluding hydrogens is 424 g/mol. The van der Waals surface area contributed by atoms with E-state index in [1.165, 1.54) is 11.1 Å². The maximum absolute atomic E-state index is 12.5. The van der Waals surface area contributed by atoms with Gasteiger partial charge in [0.05, 0.1) is 12.7 Å². The summed E-state index contributed by atoms with van der Waals surface area (Å²) < 4.78 is 5.26. The lowest BCUT2D eigenvalue weighted by atomic mass is 10.0. The first kappa shape index (κ1) is 23.3. The van der Waals surface area contributed by atoms with Gasteiger partial charge in [0.15, 0.2) is 0 Å². The molecule has 0 atom stereocenters. The summed E-state index contributed by atoms with van der Waals surface area (Å²) in [5, 5.41) is 9.49. The molecule has 0 unspecified atom stereocenters. The number of carbonyl (C=O) groups is 1. The van der Waals surface area contributed by atoms with Gasteiger partial charge in [-0.3, -0.25) is 0 Å². The summed E-state index contributed by atoms with van der Waals surface area (Å²) in [7, 11) is 0. The Morgan fingerprint density at radius 1 is 1.09 bits per heavy atom. The lowest BCUT2D eigenvalue weighted by Gasteiger charge is -2.27. The van der Waals surface area contributed by atoms with Gasteiger partial charge in [-0.1, -0.05) is 37.3 Å². The molecule has 1 aliphatic heterocycles. The molecule has 0 amide bonds. The maximum atomic E-state index is 12.5. The highest BCUT2D eigenvalue weighted by Gasteiger charge is 2.22. The van der Waals surface area contributed by atoms with Gasteiger partial charge in [-0.05, 0) is 67.1 Å². The summed E-state index contributed by atoms with van der Waals surface area (Å²) in [5.41, 5.74) is 6.32. The molecule has 0 radical (unpaired) electrons. The molecule has 0 aliphatic carbocycles. The van der Waals surface area contributed by atoms with Gasteiger partial charge in [0, 0.05) is 30.7 Å². The number of rotatable bonds is 8. The minimum absolute atomic E-state index is 0.308. The van der Waals surface area contributed by atoms with Crippen molar-refractivity contribution in [3.8, 4) is 6.07 Å². The number of hydrogen-bond donors (Lipinski definition) is 0. The Morgan fingerprint density at radius 3 is 2.68 bits per heavy atom. The number of carbonyl (C=O) groups excluding carboxylic acids is 1. The second-order valence-corrected chi connectivity index (χ2v) is 8.35. The van der Waals surface area contributed by atoms with E-state index in [-0.39, 0.29) is 5.97 Å². The van der Waals surface area contributed by atoms with Crippen LogP contribution in [0.5, 0.6) is 0 Å². The summed E-state index contributed by atoms with van der Waals surface area (Å²) >= 11 is 0. The first-order chi connectivity index (χ1) is 16.7. The van der Waals surface area contributed by atoms with Crippen LogP contribution < -0.4 is 9.80 Å². The van der Waals surface area contributed by atoms with Crippen molar-refractivity contribution >= 4 is 23.2 Å². The summed E-state index contributed by atoms with van der Waals surface area (Å²) in [6.45, 7) is 5.97. The number of pyridine rings is 1. The number of benzene rings is 2. The first-order valence-electron chi connectivity index (χ1n) is 11.9. The highest BCUT2D eigenvalue weighted by atomic mass is 16.5. The van der Waals surface area contributed by atoms with E-state index in [0.717, 1.165) is 42.7 Å². The molecule has 2 aromatic carbocycles. The topological polar surface area (TPSA) is 69.5 Å². The lowest BCUT2D eigenvalue weighted by molar-refractivity contribution is 0.0526. The van der Waals surface area contributed by atoms with Crippen molar-refractivity contribution in [1.82, 2.24) is 4.98 Å². The molecule has 0 bridgehead atoms. The molecule has 6 heteroatoms. The van der Waals surface area contributed by atoms with Crippen molar-refractivity contribution in [2.24, 2.45) is 0 Å². The third-order valence-corrected chi connectivity index (χ3v) is 6.06. The minimum atomic E-state index is -0.349. The number of anilines is 3. The average molecular weight is 455 g/mol. The number of aromatic nitrogens is 1. The quantitative estimate of drug-likeness (QED) is 0.334. The molecule has 0 N–H and O–H groups in total. The number of hydrogen-bond acceptors (Lipinski definition) is 6. The van der Waals surface area contributed by atoms with Gasteiger partial charge in [-0.15, -0.1) is 0 Å². The molecule has 1 aliphatic rings. The Morgan fingerprint density at radius 2 is 1.88 bits per heavy atom. The highest BCUT2D eigenvalue weighted by molar-refractivity contribution is 5.94. The third kappa shape index (κ3) is 4.89. The van der Waals surface area contributed by atoms with Gasteiger partial charge in [-0.2, -0.15) is 5.26 Å². The first-order valence-corrected chi connectivity index (χ1v) is 11.9. The molecule has 0 saturated carbocycles. The van der Waals surface area contributed by atoms with E-state index in [9.17, 15) is 10.1 Å². The van der Waals surface area contributed by atoms with E-state index in [2.05, 4.69) is 64.2 Å². The van der Waals surface area contributed by atoms with Crippen LogP contribution in [-0.2, 0) is 24.1 Å². The number of nitriles is 1. The van der Waals surface area contributed by atoms with Crippen LogP contribution in [0.15, 0.2) is 60.8 Å². The van der Waals surface area contributed by atoms with Crippen LogP contribution in [0, 0.1) is 11.3 Å². The van der Waals surface area contributed by atoms with Gasteiger partial charge in [0.25, 0.3) is 0 Å². The Hall–Kier alpha value is -3.85. The predicted octanol–water partition coefficient (Wildman–Crippen LogP) is 5.44. The van der Waals surface area contributed by atoms with E-state index in [0.29, 0.717) is 31.1 Å². The number of nitrogens with zero attached hydrogens (tertiary/aromatic N) is 4. The van der Waals surface area contributed by atoms with Crippen LogP contribution in [0.1, 0.15) is 47.3 Å². The molecule has 3 aromatic rings. The summed E-state index contributed by atoms with van der Waals surface area (Å²) in [6.07, 6.45) is 4.48. The van der Waals surface area contributed by atoms with Crippen LogP contribution in [0.2, 0.25) is 0 Å². The van der Waals surface area contributed by atoms with Crippen LogP contribution in [0.25, 0.3) is 0 Å². The van der Waals surface area contributed by atoms with Crippen molar-refractivity contribution in [3.63, 3.8) is 0 Å². The van der Waals surface area contributed by atoms with Crippen molar-refractivity contribution < 1.29 is 9.53 Å². The fraction of sp³-hybridized carbons (Fsp3) is 0.321. The number of ether oxygens (including phenoxy) is 1. The minimum Gasteiger partial charge on any atom is -0.462 e. The van der Waals surface area contributed by atoms with Gasteiger partial charge in [0.1, 0.15) is 17.9 Å². The van der Waals surface area contributed by atoms with Gasteiger partial charge in [-0.25, -0.2) is 9.78 Å². The predicted molar refractivity (Wildman–Crippen MR) is 134 cm³/mol. The largest absolute Gasteiger partial charge is 0.462 e. The molecule has 0 saturated heterocycles. The second-order valence-electron chi connectivity index (χ2n) is 8.35. The highest BCUT2D eigenvalue weighted by Crippen LogP contribution is 2.36. The van der Waals surface area contributed by atoms with E-state index in [1.807, 2.05) is 6.07 Å².